The van der Waals surface area contributed by atoms with Gasteiger partial charge in [-0.15, -0.1) is 11.3 Å². The highest BCUT2D eigenvalue weighted by molar-refractivity contribution is 7.10. The number of rotatable bonds is 2. The van der Waals surface area contributed by atoms with Gasteiger partial charge in [0.15, 0.2) is 0 Å². The third-order valence-corrected chi connectivity index (χ3v) is 6.52. The summed E-state index contributed by atoms with van der Waals surface area (Å²) in [7, 11) is 0. The number of hydrogen-bond acceptors (Lipinski definition) is 5. The van der Waals surface area contributed by atoms with Crippen LogP contribution in [0.3, 0.4) is 0 Å². The summed E-state index contributed by atoms with van der Waals surface area (Å²) >= 11 is 1.80. The first-order valence-corrected chi connectivity index (χ1v) is 9.91. The first-order chi connectivity index (χ1) is 12.5. The molecule has 2 aromatic rings. The molecule has 1 N–H and O–H groups in total. The maximum atomic E-state index is 12.7. The molecule has 2 aliphatic rings. The highest BCUT2D eigenvalue weighted by atomic mass is 32.1. The van der Waals surface area contributed by atoms with Crippen molar-refractivity contribution in [3.05, 3.63) is 49.3 Å². The molecule has 1 spiro atoms. The third kappa shape index (κ3) is 2.99. The fourth-order valence-electron chi connectivity index (χ4n) is 4.11. The molecule has 1 saturated heterocycles. The molecule has 0 unspecified atom stereocenters. The third-order valence-electron chi connectivity index (χ3n) is 5.54. The Morgan fingerprint density at radius 2 is 2.15 bits per heavy atom. The van der Waals surface area contributed by atoms with Gasteiger partial charge in [-0.2, -0.15) is 0 Å². The van der Waals surface area contributed by atoms with Gasteiger partial charge in [-0.1, -0.05) is 0 Å². The zero-order valence-electron chi connectivity index (χ0n) is 15.1. The fourth-order valence-corrected chi connectivity index (χ4v) is 5.06. The Labute approximate surface area is 156 Å². The molecule has 0 aliphatic carbocycles. The van der Waals surface area contributed by atoms with Crippen molar-refractivity contribution in [3.8, 4) is 0 Å². The molecule has 2 aliphatic heterocycles. The van der Waals surface area contributed by atoms with Crippen LogP contribution in [0.15, 0.2) is 16.2 Å². The van der Waals surface area contributed by atoms with E-state index in [0.29, 0.717) is 30.2 Å². The Balaban J connectivity index is 1.46. The minimum Gasteiger partial charge on any atom is -0.370 e. The number of nitrogens with zero attached hydrogens (tertiary/aromatic N) is 2. The van der Waals surface area contributed by atoms with Crippen LogP contribution < -0.4 is 5.56 Å². The molecule has 138 valence electrons. The average molecular weight is 373 g/mol. The number of carbonyl (C=O) groups is 1. The number of aryl methyl sites for hydroxylation is 2. The lowest BCUT2D eigenvalue weighted by Crippen LogP contribution is -2.48. The van der Waals surface area contributed by atoms with Gasteiger partial charge < -0.3 is 14.6 Å². The molecule has 7 heteroatoms. The molecule has 1 amide bonds. The van der Waals surface area contributed by atoms with Crippen LogP contribution in [0.5, 0.6) is 0 Å². The van der Waals surface area contributed by atoms with E-state index in [2.05, 4.69) is 21.4 Å². The van der Waals surface area contributed by atoms with Gasteiger partial charge in [-0.3, -0.25) is 9.59 Å². The van der Waals surface area contributed by atoms with E-state index < -0.39 is 0 Å². The van der Waals surface area contributed by atoms with E-state index in [1.54, 1.807) is 25.2 Å². The van der Waals surface area contributed by atoms with E-state index in [-0.39, 0.29) is 23.5 Å². The van der Waals surface area contributed by atoms with Crippen LogP contribution >= 0.6 is 11.3 Å². The van der Waals surface area contributed by atoms with Crippen molar-refractivity contribution in [1.29, 1.82) is 0 Å². The average Bonchev–Trinajstić information content (AvgIpc) is 3.09. The number of likely N-dealkylation sites (tertiary alicyclic amines) is 1. The summed E-state index contributed by atoms with van der Waals surface area (Å²) in [6, 6.07) is 2.18. The van der Waals surface area contributed by atoms with Crippen LogP contribution in [-0.2, 0) is 28.0 Å². The van der Waals surface area contributed by atoms with E-state index in [9.17, 15) is 9.59 Å². The largest absolute Gasteiger partial charge is 0.370 e. The van der Waals surface area contributed by atoms with Gasteiger partial charge >= 0.3 is 0 Å². The maximum absolute atomic E-state index is 12.7. The van der Waals surface area contributed by atoms with E-state index in [1.165, 1.54) is 10.4 Å². The standard InChI is InChI=1S/C19H23N3O3S/c1-12-14(18(24)21-13(2)20-12)11-17(23)22-7-5-19(6-8-22)15-4-10-26-16(15)3-9-25-19/h4,10H,3,5-9,11H2,1-2H3,(H,20,21,24). The van der Waals surface area contributed by atoms with E-state index >= 15 is 0 Å². The summed E-state index contributed by atoms with van der Waals surface area (Å²) in [6.45, 7) is 5.59. The number of carbonyl (C=O) groups excluding carboxylic acids is 1. The quantitative estimate of drug-likeness (QED) is 0.875. The second-order valence-electron chi connectivity index (χ2n) is 7.12. The Hall–Kier alpha value is -1.99. The molecule has 6 nitrogen and oxygen atoms in total. The van der Waals surface area contributed by atoms with Gasteiger partial charge in [-0.25, -0.2) is 4.98 Å². The second-order valence-corrected chi connectivity index (χ2v) is 8.12. The molecule has 0 saturated carbocycles. The van der Waals surface area contributed by atoms with Gasteiger partial charge in [0.1, 0.15) is 5.82 Å². The number of H-pyrrole nitrogens is 1. The van der Waals surface area contributed by atoms with Gasteiger partial charge in [0.05, 0.1) is 18.6 Å². The Morgan fingerprint density at radius 3 is 2.88 bits per heavy atom. The van der Waals surface area contributed by atoms with Gasteiger partial charge in [-0.05, 0) is 43.7 Å². The van der Waals surface area contributed by atoms with Crippen LogP contribution in [0, 0.1) is 13.8 Å². The summed E-state index contributed by atoms with van der Waals surface area (Å²) in [6.07, 6.45) is 2.71. The fraction of sp³-hybridized carbons (Fsp3) is 0.526. The highest BCUT2D eigenvalue weighted by Gasteiger charge is 2.42. The highest BCUT2D eigenvalue weighted by Crippen LogP contribution is 2.43. The SMILES string of the molecule is Cc1nc(C)c(CC(=O)N2CCC3(CC2)OCCc2sccc23)c(=O)[nH]1. The number of amides is 1. The summed E-state index contributed by atoms with van der Waals surface area (Å²) in [5.74, 6) is 0.560. The molecular weight excluding hydrogens is 350 g/mol. The lowest BCUT2D eigenvalue weighted by Gasteiger charge is -2.44. The molecule has 0 bridgehead atoms. The molecular formula is C19H23N3O3S. The molecule has 26 heavy (non-hydrogen) atoms. The van der Waals surface area contributed by atoms with Crippen molar-refractivity contribution < 1.29 is 9.53 Å². The topological polar surface area (TPSA) is 75.3 Å². The maximum Gasteiger partial charge on any atom is 0.254 e. The van der Waals surface area contributed by atoms with E-state index in [0.717, 1.165) is 25.9 Å². The molecule has 4 heterocycles. The number of thiophene rings is 1. The number of aromatic nitrogens is 2. The predicted molar refractivity (Wildman–Crippen MR) is 99.5 cm³/mol. The number of ether oxygens (including phenoxy) is 1. The minimum absolute atomic E-state index is 0.0135. The Morgan fingerprint density at radius 1 is 1.38 bits per heavy atom. The first-order valence-electron chi connectivity index (χ1n) is 9.03. The van der Waals surface area contributed by atoms with Crippen molar-refractivity contribution in [1.82, 2.24) is 14.9 Å². The van der Waals surface area contributed by atoms with Crippen LogP contribution in [-0.4, -0.2) is 40.5 Å². The normalized spacial score (nSPS) is 18.8. The Kier molecular flexibility index (Phi) is 4.44. The van der Waals surface area contributed by atoms with Crippen molar-refractivity contribution in [2.75, 3.05) is 19.7 Å². The number of fused-ring (bicyclic) bond motifs is 2. The summed E-state index contributed by atoms with van der Waals surface area (Å²) in [5.41, 5.74) is 1.97. The van der Waals surface area contributed by atoms with Gasteiger partial charge in [0.2, 0.25) is 5.91 Å². The molecule has 0 aromatic carbocycles. The van der Waals surface area contributed by atoms with Gasteiger partial charge in [0.25, 0.3) is 5.56 Å². The lowest BCUT2D eigenvalue weighted by atomic mass is 9.82. The zero-order chi connectivity index (χ0) is 18.3. The first kappa shape index (κ1) is 17.4. The second kappa shape index (κ2) is 6.63. The number of nitrogens with one attached hydrogen (secondary N) is 1. The van der Waals surface area contributed by atoms with Crippen molar-refractivity contribution in [3.63, 3.8) is 0 Å². The lowest BCUT2D eigenvalue weighted by molar-refractivity contribution is -0.140. The molecule has 4 rings (SSSR count). The number of piperidine rings is 1. The van der Waals surface area contributed by atoms with E-state index in [1.807, 2.05) is 4.90 Å². The van der Waals surface area contributed by atoms with E-state index in [4.69, 9.17) is 4.74 Å². The number of aromatic amines is 1. The summed E-state index contributed by atoms with van der Waals surface area (Å²) in [4.78, 5) is 35.1. The van der Waals surface area contributed by atoms with Crippen LogP contribution in [0.4, 0.5) is 0 Å². The molecule has 2 aromatic heterocycles. The smallest absolute Gasteiger partial charge is 0.254 e. The predicted octanol–water partition coefficient (Wildman–Crippen LogP) is 2.08. The van der Waals surface area contributed by atoms with Crippen molar-refractivity contribution in [2.24, 2.45) is 0 Å². The van der Waals surface area contributed by atoms with Crippen LogP contribution in [0.1, 0.15) is 40.4 Å². The number of hydrogen-bond donors (Lipinski definition) is 1. The summed E-state index contributed by atoms with van der Waals surface area (Å²) in [5, 5.41) is 2.14. The van der Waals surface area contributed by atoms with Crippen LogP contribution in [0.25, 0.3) is 0 Å². The molecule has 0 atom stereocenters. The zero-order valence-corrected chi connectivity index (χ0v) is 15.9. The molecule has 0 radical (unpaired) electrons. The minimum atomic E-state index is -0.233. The molecule has 1 fully saturated rings. The monoisotopic (exact) mass is 373 g/mol. The van der Waals surface area contributed by atoms with Gasteiger partial charge in [0, 0.05) is 35.6 Å². The van der Waals surface area contributed by atoms with Crippen molar-refractivity contribution in [2.45, 2.75) is 45.1 Å². The van der Waals surface area contributed by atoms with Crippen molar-refractivity contribution >= 4 is 17.2 Å². The summed E-state index contributed by atoms with van der Waals surface area (Å²) < 4.78 is 6.19. The van der Waals surface area contributed by atoms with Crippen LogP contribution in [0.2, 0.25) is 0 Å². The Bertz CT molecular complexity index is 894.